The van der Waals surface area contributed by atoms with E-state index in [-0.39, 0.29) is 23.9 Å². The molecule has 1 aliphatic heterocycles. The molecule has 2 amide bonds. The van der Waals surface area contributed by atoms with Gasteiger partial charge in [0.05, 0.1) is 17.7 Å². The highest BCUT2D eigenvalue weighted by Crippen LogP contribution is 2.51. The fraction of sp³-hybridized carbons (Fsp3) is 0.581. The van der Waals surface area contributed by atoms with E-state index in [1.54, 1.807) is 20.3 Å². The van der Waals surface area contributed by atoms with E-state index in [1.165, 1.54) is 34.8 Å². The second-order valence-electron chi connectivity index (χ2n) is 12.1. The van der Waals surface area contributed by atoms with E-state index in [2.05, 4.69) is 0 Å². The largest absolute Gasteiger partial charge is 0.387 e. The van der Waals surface area contributed by atoms with E-state index in [9.17, 15) is 19.5 Å². The fourth-order valence-electron chi connectivity index (χ4n) is 6.83. The maximum Gasteiger partial charge on any atom is 0.255 e. The molecule has 1 spiro atoms. The predicted molar refractivity (Wildman–Crippen MR) is 148 cm³/mol. The highest BCUT2D eigenvalue weighted by molar-refractivity contribution is 6.00. The van der Waals surface area contributed by atoms with Gasteiger partial charge >= 0.3 is 0 Å². The van der Waals surface area contributed by atoms with E-state index in [0.29, 0.717) is 43.0 Å². The molecule has 1 aromatic heterocycles. The Morgan fingerprint density at radius 1 is 1.05 bits per heavy atom. The molecule has 2 aliphatic carbocycles. The van der Waals surface area contributed by atoms with Crippen LogP contribution in [0.2, 0.25) is 0 Å². The lowest BCUT2D eigenvalue weighted by atomic mass is 9.65. The molecule has 1 N–H and O–H groups in total. The minimum atomic E-state index is -1.12. The van der Waals surface area contributed by atoms with Crippen LogP contribution in [-0.4, -0.2) is 64.1 Å². The molecule has 2 saturated carbocycles. The van der Waals surface area contributed by atoms with Crippen molar-refractivity contribution >= 4 is 11.8 Å². The zero-order valence-corrected chi connectivity index (χ0v) is 22.8. The van der Waals surface area contributed by atoms with Crippen molar-refractivity contribution in [2.24, 2.45) is 11.3 Å². The van der Waals surface area contributed by atoms with Gasteiger partial charge < -0.3 is 19.5 Å². The first-order chi connectivity index (χ1) is 18.2. The molecule has 1 atom stereocenters. The zero-order chi connectivity index (χ0) is 26.9. The number of hydrogen-bond donors (Lipinski definition) is 1. The summed E-state index contributed by atoms with van der Waals surface area (Å²) in [5.74, 6) is 0.714. The second kappa shape index (κ2) is 10.7. The summed E-state index contributed by atoms with van der Waals surface area (Å²) in [5, 5.41) is 12.2. The highest BCUT2D eigenvalue weighted by Gasteiger charge is 2.55. The van der Waals surface area contributed by atoms with Crippen LogP contribution in [0.5, 0.6) is 0 Å². The van der Waals surface area contributed by atoms with Crippen molar-refractivity contribution in [2.75, 3.05) is 27.2 Å². The average Bonchev–Trinajstić information content (AvgIpc) is 3.36. The Hall–Kier alpha value is -2.93. The summed E-state index contributed by atoms with van der Waals surface area (Å²) in [6, 6.07) is 11.0. The number of aromatic nitrogens is 1. The monoisotopic (exact) mass is 519 g/mol. The van der Waals surface area contributed by atoms with E-state index in [0.717, 1.165) is 37.7 Å². The van der Waals surface area contributed by atoms with Gasteiger partial charge in [0.1, 0.15) is 0 Å². The van der Waals surface area contributed by atoms with Crippen LogP contribution in [0.3, 0.4) is 0 Å². The van der Waals surface area contributed by atoms with Gasteiger partial charge in [-0.2, -0.15) is 0 Å². The number of carbonyl (C=O) groups excluding carboxylic acids is 2. The number of amides is 2. The Kier molecular flexibility index (Phi) is 7.49. The number of rotatable bonds is 7. The number of nitrogens with zero attached hydrogens (tertiary/aromatic N) is 3. The molecule has 3 aliphatic rings. The first-order valence-corrected chi connectivity index (χ1v) is 14.2. The van der Waals surface area contributed by atoms with Crippen molar-refractivity contribution in [2.45, 2.75) is 76.4 Å². The average molecular weight is 520 g/mol. The first kappa shape index (κ1) is 26.7. The first-order valence-electron chi connectivity index (χ1n) is 14.2. The summed E-state index contributed by atoms with van der Waals surface area (Å²) in [6.07, 6.45) is 11.1. The van der Waals surface area contributed by atoms with E-state index < -0.39 is 11.0 Å². The van der Waals surface area contributed by atoms with Crippen LogP contribution in [0.4, 0.5) is 0 Å². The smallest absolute Gasteiger partial charge is 0.255 e. The number of pyridine rings is 1. The Balaban J connectivity index is 1.43. The molecule has 1 saturated heterocycles. The van der Waals surface area contributed by atoms with Crippen LogP contribution < -0.4 is 5.56 Å². The number of hydrogen-bond acceptors (Lipinski definition) is 4. The summed E-state index contributed by atoms with van der Waals surface area (Å²) in [7, 11) is 3.40. The Morgan fingerprint density at radius 3 is 2.39 bits per heavy atom. The van der Waals surface area contributed by atoms with Gasteiger partial charge in [0.25, 0.3) is 11.5 Å². The fourth-order valence-corrected chi connectivity index (χ4v) is 6.83. The minimum Gasteiger partial charge on any atom is -0.387 e. The summed E-state index contributed by atoms with van der Waals surface area (Å²) in [6.45, 7) is 1.17. The molecule has 0 bridgehead atoms. The van der Waals surface area contributed by atoms with Crippen LogP contribution in [-0.2, 0) is 11.3 Å². The van der Waals surface area contributed by atoms with Crippen LogP contribution in [0.1, 0.15) is 74.6 Å². The van der Waals surface area contributed by atoms with Crippen molar-refractivity contribution in [3.63, 3.8) is 0 Å². The summed E-state index contributed by atoms with van der Waals surface area (Å²) in [4.78, 5) is 43.2. The van der Waals surface area contributed by atoms with Gasteiger partial charge in [-0.3, -0.25) is 14.4 Å². The molecule has 7 heteroatoms. The van der Waals surface area contributed by atoms with Crippen LogP contribution >= 0.6 is 0 Å². The van der Waals surface area contributed by atoms with Gasteiger partial charge in [-0.1, -0.05) is 62.4 Å². The lowest BCUT2D eigenvalue weighted by molar-refractivity contribution is -0.160. The zero-order valence-electron chi connectivity index (χ0n) is 22.8. The summed E-state index contributed by atoms with van der Waals surface area (Å²) in [5.41, 5.74) is 0.0562. The number of benzene rings is 1. The molecular weight excluding hydrogens is 478 g/mol. The molecule has 2 heterocycles. The maximum absolute atomic E-state index is 13.4. The van der Waals surface area contributed by atoms with Crippen LogP contribution in [0.25, 0.3) is 11.1 Å². The lowest BCUT2D eigenvalue weighted by Gasteiger charge is -2.52. The quantitative estimate of drug-likeness (QED) is 0.591. The number of likely N-dealkylation sites (tertiary alicyclic amines) is 1. The van der Waals surface area contributed by atoms with Crippen molar-refractivity contribution in [1.29, 1.82) is 0 Å². The molecule has 2 aromatic rings. The standard InChI is InChI=1S/C31H41N3O4/c1-32(2)29(37)26-20-34(28(36)19-25(26)24-11-4-3-5-12-24)22-31(38)17-18-33(21-30(31)15-6-7-16-30)27(35)14-13-23-9-8-10-23/h3-5,11-12,19-20,23,38H,6-10,13-18,21-22H2,1-2H3. The molecular formula is C31H41N3O4. The normalized spacial score (nSPS) is 22.9. The van der Waals surface area contributed by atoms with E-state index >= 15 is 0 Å². The molecule has 38 heavy (non-hydrogen) atoms. The molecule has 1 unspecified atom stereocenters. The molecule has 7 nitrogen and oxygen atoms in total. The number of piperidine rings is 1. The Labute approximate surface area is 225 Å². The van der Waals surface area contributed by atoms with Gasteiger partial charge in [-0.25, -0.2) is 0 Å². The molecule has 5 rings (SSSR count). The topological polar surface area (TPSA) is 82.8 Å². The van der Waals surface area contributed by atoms with Crippen LogP contribution in [0.15, 0.2) is 47.4 Å². The Bertz CT molecular complexity index is 1230. The molecule has 1 aromatic carbocycles. The predicted octanol–water partition coefficient (Wildman–Crippen LogP) is 4.32. The van der Waals surface area contributed by atoms with Crippen LogP contribution in [0, 0.1) is 11.3 Å². The van der Waals surface area contributed by atoms with Crippen molar-refractivity contribution in [3.05, 3.63) is 58.5 Å². The maximum atomic E-state index is 13.4. The second-order valence-corrected chi connectivity index (χ2v) is 12.1. The third kappa shape index (κ3) is 5.05. The molecule has 3 fully saturated rings. The Morgan fingerprint density at radius 2 is 1.76 bits per heavy atom. The lowest BCUT2D eigenvalue weighted by Crippen LogP contribution is -2.62. The van der Waals surface area contributed by atoms with Gasteiger partial charge in [0.15, 0.2) is 0 Å². The highest BCUT2D eigenvalue weighted by atomic mass is 16.3. The van der Waals surface area contributed by atoms with Gasteiger partial charge in [-0.05, 0) is 37.2 Å². The third-order valence-corrected chi connectivity index (χ3v) is 9.46. The minimum absolute atomic E-state index is 0.124. The SMILES string of the molecule is CN(C)C(=O)c1cn(CC2(O)CCN(C(=O)CCC3CCC3)CC23CCCC3)c(=O)cc1-c1ccccc1. The van der Waals surface area contributed by atoms with Gasteiger partial charge in [0, 0.05) is 56.8 Å². The van der Waals surface area contributed by atoms with E-state index in [4.69, 9.17) is 0 Å². The van der Waals surface area contributed by atoms with Crippen molar-refractivity contribution in [3.8, 4) is 11.1 Å². The van der Waals surface area contributed by atoms with Crippen molar-refractivity contribution in [1.82, 2.24) is 14.4 Å². The number of carbonyl (C=O) groups is 2. The van der Waals surface area contributed by atoms with Crippen molar-refractivity contribution < 1.29 is 14.7 Å². The summed E-state index contributed by atoms with van der Waals surface area (Å²) < 4.78 is 1.53. The number of aliphatic hydroxyl groups is 1. The van der Waals surface area contributed by atoms with E-state index in [1.807, 2.05) is 35.2 Å². The molecule has 204 valence electrons. The summed E-state index contributed by atoms with van der Waals surface area (Å²) >= 11 is 0. The molecule has 0 radical (unpaired) electrons. The third-order valence-electron chi connectivity index (χ3n) is 9.46. The van der Waals surface area contributed by atoms with Gasteiger partial charge in [-0.15, -0.1) is 0 Å². The van der Waals surface area contributed by atoms with Gasteiger partial charge in [0.2, 0.25) is 5.91 Å².